The van der Waals surface area contributed by atoms with E-state index in [0.717, 1.165) is 4.90 Å². The molecule has 0 radical (unpaired) electrons. The monoisotopic (exact) mass is 291 g/mol. The van der Waals surface area contributed by atoms with Crippen molar-refractivity contribution in [2.75, 3.05) is 6.54 Å². The van der Waals surface area contributed by atoms with Crippen molar-refractivity contribution < 1.29 is 9.59 Å². The van der Waals surface area contributed by atoms with Gasteiger partial charge in [-0.3, -0.25) is 14.5 Å². The number of imide groups is 1. The molecule has 0 N–H and O–H groups in total. The summed E-state index contributed by atoms with van der Waals surface area (Å²) in [6, 6.07) is 1.70. The van der Waals surface area contributed by atoms with Crippen molar-refractivity contribution >= 4 is 23.4 Å². The zero-order chi connectivity index (χ0) is 14.3. The van der Waals surface area contributed by atoms with Crippen molar-refractivity contribution in [2.24, 2.45) is 0 Å². The van der Waals surface area contributed by atoms with Crippen LogP contribution in [-0.2, 0) is 0 Å². The summed E-state index contributed by atoms with van der Waals surface area (Å²) in [6.07, 6.45) is 3.86. The number of carbonyl (C=O) groups is 2. The molecule has 0 atom stereocenters. The molecule has 102 valence electrons. The van der Waals surface area contributed by atoms with E-state index in [1.54, 1.807) is 18.5 Å². The van der Waals surface area contributed by atoms with Gasteiger partial charge in [-0.1, -0.05) is 18.5 Å². The van der Waals surface area contributed by atoms with Crippen LogP contribution in [0.1, 0.15) is 34.3 Å². The molecule has 7 nitrogen and oxygen atoms in total. The number of amides is 2. The lowest BCUT2D eigenvalue weighted by Crippen LogP contribution is -2.30. The van der Waals surface area contributed by atoms with E-state index in [4.69, 9.17) is 11.6 Å². The molecule has 0 saturated carbocycles. The molecule has 2 amide bonds. The van der Waals surface area contributed by atoms with E-state index in [1.165, 1.54) is 4.68 Å². The summed E-state index contributed by atoms with van der Waals surface area (Å²) in [5.41, 5.74) is 0.0303. The van der Waals surface area contributed by atoms with Gasteiger partial charge in [-0.15, -0.1) is 0 Å². The maximum atomic E-state index is 12.2. The van der Waals surface area contributed by atoms with Gasteiger partial charge >= 0.3 is 0 Å². The van der Waals surface area contributed by atoms with Crippen LogP contribution in [0.5, 0.6) is 0 Å². The summed E-state index contributed by atoms with van der Waals surface area (Å²) in [5, 5.41) is 4.03. The van der Waals surface area contributed by atoms with Gasteiger partial charge in [0.25, 0.3) is 11.8 Å². The van der Waals surface area contributed by atoms with E-state index < -0.39 is 11.8 Å². The third-order valence-corrected chi connectivity index (χ3v) is 3.15. The quantitative estimate of drug-likeness (QED) is 0.797. The van der Waals surface area contributed by atoms with Gasteiger partial charge < -0.3 is 0 Å². The molecule has 0 bridgehead atoms. The molecule has 3 rings (SSSR count). The summed E-state index contributed by atoms with van der Waals surface area (Å²) in [7, 11) is 0. The Morgan fingerprint density at radius 2 is 1.90 bits per heavy atom. The number of hydrogen-bond donors (Lipinski definition) is 0. The molecule has 0 saturated heterocycles. The van der Waals surface area contributed by atoms with Crippen LogP contribution in [0.15, 0.2) is 18.5 Å². The Morgan fingerprint density at radius 1 is 1.20 bits per heavy atom. The second kappa shape index (κ2) is 4.68. The van der Waals surface area contributed by atoms with E-state index in [2.05, 4.69) is 15.1 Å². The molecule has 0 aromatic carbocycles. The molecular formula is C12H10ClN5O2. The molecule has 0 unspecified atom stereocenters. The van der Waals surface area contributed by atoms with Gasteiger partial charge in [0.15, 0.2) is 22.4 Å². The van der Waals surface area contributed by atoms with Gasteiger partial charge in [0.1, 0.15) is 0 Å². The Hall–Kier alpha value is -2.28. The van der Waals surface area contributed by atoms with Crippen LogP contribution in [0.3, 0.4) is 0 Å². The number of rotatable bonds is 3. The third-order valence-electron chi connectivity index (χ3n) is 2.90. The molecule has 0 spiro atoms. The van der Waals surface area contributed by atoms with Crippen LogP contribution in [0.25, 0.3) is 5.82 Å². The summed E-state index contributed by atoms with van der Waals surface area (Å²) in [5.74, 6) is -0.660. The first-order valence-electron chi connectivity index (χ1n) is 6.07. The van der Waals surface area contributed by atoms with E-state index >= 15 is 0 Å². The van der Waals surface area contributed by atoms with Crippen LogP contribution in [-0.4, -0.2) is 43.0 Å². The maximum Gasteiger partial charge on any atom is 0.281 e. The van der Waals surface area contributed by atoms with Crippen molar-refractivity contribution in [1.82, 2.24) is 24.6 Å². The molecular weight excluding hydrogens is 282 g/mol. The van der Waals surface area contributed by atoms with Gasteiger partial charge in [0, 0.05) is 18.9 Å². The van der Waals surface area contributed by atoms with Gasteiger partial charge in [-0.05, 0) is 12.5 Å². The first kappa shape index (κ1) is 12.7. The lowest BCUT2D eigenvalue weighted by atomic mass is 10.3. The minimum Gasteiger partial charge on any atom is -0.272 e. The molecule has 0 aliphatic carbocycles. The van der Waals surface area contributed by atoms with Gasteiger partial charge in [0.05, 0.1) is 0 Å². The number of fused-ring (bicyclic) bond motifs is 1. The van der Waals surface area contributed by atoms with Crippen molar-refractivity contribution in [2.45, 2.75) is 13.3 Å². The highest BCUT2D eigenvalue weighted by molar-refractivity contribution is 6.31. The van der Waals surface area contributed by atoms with Crippen LogP contribution in [0.2, 0.25) is 5.15 Å². The highest BCUT2D eigenvalue weighted by Gasteiger charge is 2.39. The van der Waals surface area contributed by atoms with Crippen molar-refractivity contribution in [3.05, 3.63) is 35.0 Å². The minimum atomic E-state index is -0.451. The maximum absolute atomic E-state index is 12.2. The molecule has 2 aromatic heterocycles. The standard InChI is InChI=1S/C12H10ClN5O2/c1-2-5-17-11(19)7-8(12(17)20)16-10(9(13)15-7)18-6-3-4-14-18/h3-4,6H,2,5H2,1H3. The summed E-state index contributed by atoms with van der Waals surface area (Å²) >= 11 is 6.02. The Labute approximate surface area is 119 Å². The fourth-order valence-electron chi connectivity index (χ4n) is 2.02. The predicted molar refractivity (Wildman–Crippen MR) is 69.8 cm³/mol. The van der Waals surface area contributed by atoms with Crippen molar-refractivity contribution in [3.63, 3.8) is 0 Å². The average Bonchev–Trinajstić information content (AvgIpc) is 3.03. The second-order valence-electron chi connectivity index (χ2n) is 4.25. The summed E-state index contributed by atoms with van der Waals surface area (Å²) in [6.45, 7) is 2.22. The number of carbonyl (C=O) groups excluding carboxylic acids is 2. The average molecular weight is 292 g/mol. The summed E-state index contributed by atoms with van der Waals surface area (Å²) in [4.78, 5) is 33.5. The Kier molecular flexibility index (Phi) is 2.98. The van der Waals surface area contributed by atoms with Crippen molar-refractivity contribution in [1.29, 1.82) is 0 Å². The second-order valence-corrected chi connectivity index (χ2v) is 4.61. The summed E-state index contributed by atoms with van der Waals surface area (Å²) < 4.78 is 1.40. The first-order valence-corrected chi connectivity index (χ1v) is 6.45. The van der Waals surface area contributed by atoms with Gasteiger partial charge in [0.2, 0.25) is 0 Å². The number of aromatic nitrogens is 4. The van der Waals surface area contributed by atoms with Gasteiger partial charge in [-0.2, -0.15) is 5.10 Å². The molecule has 3 heterocycles. The van der Waals surface area contributed by atoms with Crippen LogP contribution in [0, 0.1) is 0 Å². The number of halogens is 1. The Balaban J connectivity index is 2.12. The van der Waals surface area contributed by atoms with Crippen molar-refractivity contribution in [3.8, 4) is 5.82 Å². The SMILES string of the molecule is CCCN1C(=O)c2nc(Cl)c(-n3cccn3)nc2C1=O. The lowest BCUT2D eigenvalue weighted by Gasteiger charge is -2.10. The zero-order valence-electron chi connectivity index (χ0n) is 10.6. The van der Waals surface area contributed by atoms with E-state index in [-0.39, 0.29) is 22.4 Å². The molecule has 2 aromatic rings. The Bertz CT molecular complexity index is 698. The largest absolute Gasteiger partial charge is 0.281 e. The molecule has 1 aliphatic heterocycles. The van der Waals surface area contributed by atoms with Crippen LogP contribution in [0.4, 0.5) is 0 Å². The fraction of sp³-hybridized carbons (Fsp3) is 0.250. The third kappa shape index (κ3) is 1.78. The normalized spacial score (nSPS) is 14.0. The van der Waals surface area contributed by atoms with E-state index in [0.29, 0.717) is 13.0 Å². The topological polar surface area (TPSA) is 81.0 Å². The molecule has 0 fully saturated rings. The molecule has 8 heteroatoms. The first-order chi connectivity index (χ1) is 9.63. The molecule has 1 aliphatic rings. The lowest BCUT2D eigenvalue weighted by molar-refractivity contribution is 0.0650. The minimum absolute atomic E-state index is 0.00403. The van der Waals surface area contributed by atoms with E-state index in [9.17, 15) is 9.59 Å². The number of nitrogens with zero attached hydrogens (tertiary/aromatic N) is 5. The predicted octanol–water partition coefficient (Wildman–Crippen LogP) is 1.32. The van der Waals surface area contributed by atoms with Crippen LogP contribution < -0.4 is 0 Å². The fourth-order valence-corrected chi connectivity index (χ4v) is 2.23. The smallest absolute Gasteiger partial charge is 0.272 e. The Morgan fingerprint density at radius 3 is 2.50 bits per heavy atom. The highest BCUT2D eigenvalue weighted by Crippen LogP contribution is 2.24. The van der Waals surface area contributed by atoms with Gasteiger partial charge in [-0.25, -0.2) is 14.6 Å². The van der Waals surface area contributed by atoms with Crippen LogP contribution >= 0.6 is 11.6 Å². The molecule has 20 heavy (non-hydrogen) atoms. The number of hydrogen-bond acceptors (Lipinski definition) is 5. The van der Waals surface area contributed by atoms with E-state index in [1.807, 2.05) is 6.92 Å². The highest BCUT2D eigenvalue weighted by atomic mass is 35.5. The zero-order valence-corrected chi connectivity index (χ0v) is 11.3.